The number of aryl methyl sites for hydroxylation is 1. The molecule has 0 bridgehead atoms. The van der Waals surface area contributed by atoms with Crippen LogP contribution in [0.3, 0.4) is 0 Å². The molecule has 3 rings (SSSR count). The van der Waals surface area contributed by atoms with Crippen molar-refractivity contribution in [2.24, 2.45) is 0 Å². The molecule has 0 aliphatic carbocycles. The van der Waals surface area contributed by atoms with Crippen molar-refractivity contribution in [2.75, 3.05) is 18.0 Å². The highest BCUT2D eigenvalue weighted by atomic mass is 19.1. The fraction of sp³-hybridized carbons (Fsp3) is 0.421. The number of hydrogen-bond donors (Lipinski definition) is 1. The van der Waals surface area contributed by atoms with Crippen molar-refractivity contribution >= 4 is 11.7 Å². The molecule has 0 spiro atoms. The summed E-state index contributed by atoms with van der Waals surface area (Å²) < 4.78 is 13.6. The average Bonchev–Trinajstić information content (AvgIpc) is 2.62. The molecule has 2 heterocycles. The van der Waals surface area contributed by atoms with Gasteiger partial charge in [-0.25, -0.2) is 14.4 Å². The van der Waals surface area contributed by atoms with E-state index in [9.17, 15) is 9.18 Å². The van der Waals surface area contributed by atoms with Gasteiger partial charge in [-0.2, -0.15) is 0 Å². The fourth-order valence-electron chi connectivity index (χ4n) is 3.03. The van der Waals surface area contributed by atoms with Crippen molar-refractivity contribution in [3.8, 4) is 0 Å². The summed E-state index contributed by atoms with van der Waals surface area (Å²) in [5.41, 5.74) is 1.27. The van der Waals surface area contributed by atoms with Crippen LogP contribution in [0.1, 0.15) is 36.3 Å². The molecule has 1 aromatic heterocycles. The van der Waals surface area contributed by atoms with Crippen molar-refractivity contribution in [3.05, 3.63) is 53.2 Å². The van der Waals surface area contributed by atoms with Crippen LogP contribution in [0.15, 0.2) is 30.3 Å². The van der Waals surface area contributed by atoms with Crippen LogP contribution in [0, 0.1) is 12.7 Å². The SMILES string of the molecule is Cc1cc(N2CCCCC2)nc(CNC(=O)Cc2ccccc2F)n1. The lowest BCUT2D eigenvalue weighted by Gasteiger charge is -2.28. The maximum Gasteiger partial charge on any atom is 0.224 e. The Morgan fingerprint density at radius 3 is 2.72 bits per heavy atom. The second-order valence-electron chi connectivity index (χ2n) is 6.38. The Hall–Kier alpha value is -2.50. The molecule has 1 aliphatic heterocycles. The predicted octanol–water partition coefficient (Wildman–Crippen LogP) is 2.77. The van der Waals surface area contributed by atoms with Gasteiger partial charge in [0.1, 0.15) is 17.5 Å². The Bertz CT molecular complexity index is 744. The minimum absolute atomic E-state index is 0.0114. The molecule has 132 valence electrons. The Morgan fingerprint density at radius 1 is 1.20 bits per heavy atom. The molecule has 1 aliphatic rings. The number of amides is 1. The minimum Gasteiger partial charge on any atom is -0.357 e. The van der Waals surface area contributed by atoms with Crippen molar-refractivity contribution in [2.45, 2.75) is 39.2 Å². The molecule has 0 unspecified atom stereocenters. The van der Waals surface area contributed by atoms with E-state index in [0.29, 0.717) is 11.4 Å². The van der Waals surface area contributed by atoms with Gasteiger partial charge in [0.15, 0.2) is 0 Å². The Balaban J connectivity index is 1.61. The highest BCUT2D eigenvalue weighted by Gasteiger charge is 2.14. The van der Waals surface area contributed by atoms with Crippen LogP contribution in [0.2, 0.25) is 0 Å². The van der Waals surface area contributed by atoms with Gasteiger partial charge in [-0.3, -0.25) is 4.79 Å². The summed E-state index contributed by atoms with van der Waals surface area (Å²) in [4.78, 5) is 23.3. The Labute approximate surface area is 147 Å². The number of nitrogens with zero attached hydrogens (tertiary/aromatic N) is 3. The van der Waals surface area contributed by atoms with E-state index in [-0.39, 0.29) is 24.7 Å². The number of rotatable bonds is 5. The molecular formula is C19H23FN4O. The number of carbonyl (C=O) groups excluding carboxylic acids is 1. The van der Waals surface area contributed by atoms with Gasteiger partial charge in [-0.15, -0.1) is 0 Å². The van der Waals surface area contributed by atoms with E-state index >= 15 is 0 Å². The number of aromatic nitrogens is 2. The first-order valence-corrected chi connectivity index (χ1v) is 8.71. The van der Waals surface area contributed by atoms with E-state index in [1.165, 1.54) is 25.3 Å². The van der Waals surface area contributed by atoms with Gasteiger partial charge in [0.25, 0.3) is 0 Å². The third-order valence-corrected chi connectivity index (χ3v) is 4.32. The lowest BCUT2D eigenvalue weighted by atomic mass is 10.1. The first-order valence-electron chi connectivity index (χ1n) is 8.71. The van der Waals surface area contributed by atoms with Crippen LogP contribution in [-0.2, 0) is 17.8 Å². The second-order valence-corrected chi connectivity index (χ2v) is 6.38. The monoisotopic (exact) mass is 342 g/mol. The number of piperidine rings is 1. The smallest absolute Gasteiger partial charge is 0.224 e. The van der Waals surface area contributed by atoms with E-state index in [0.717, 1.165) is 24.6 Å². The van der Waals surface area contributed by atoms with Crippen molar-refractivity contribution in [1.82, 2.24) is 15.3 Å². The number of halogens is 1. The van der Waals surface area contributed by atoms with Crippen LogP contribution < -0.4 is 10.2 Å². The zero-order valence-corrected chi connectivity index (χ0v) is 14.5. The number of hydrogen-bond acceptors (Lipinski definition) is 4. The van der Waals surface area contributed by atoms with Gasteiger partial charge in [0.05, 0.1) is 13.0 Å². The van der Waals surface area contributed by atoms with Crippen LogP contribution in [0.4, 0.5) is 10.2 Å². The van der Waals surface area contributed by atoms with Gasteiger partial charge in [0, 0.05) is 24.8 Å². The molecule has 25 heavy (non-hydrogen) atoms. The average molecular weight is 342 g/mol. The molecule has 0 atom stereocenters. The first kappa shape index (κ1) is 17.3. The number of anilines is 1. The second kappa shape index (κ2) is 8.05. The topological polar surface area (TPSA) is 58.1 Å². The largest absolute Gasteiger partial charge is 0.357 e. The normalized spacial score (nSPS) is 14.4. The van der Waals surface area contributed by atoms with Gasteiger partial charge >= 0.3 is 0 Å². The molecule has 6 heteroatoms. The van der Waals surface area contributed by atoms with Crippen LogP contribution >= 0.6 is 0 Å². The molecule has 0 saturated carbocycles. The van der Waals surface area contributed by atoms with Gasteiger partial charge < -0.3 is 10.2 Å². The predicted molar refractivity (Wildman–Crippen MR) is 94.8 cm³/mol. The van der Waals surface area contributed by atoms with Crippen LogP contribution in [-0.4, -0.2) is 29.0 Å². The van der Waals surface area contributed by atoms with Gasteiger partial charge in [0.2, 0.25) is 5.91 Å². The fourth-order valence-corrected chi connectivity index (χ4v) is 3.03. The molecule has 1 fully saturated rings. The molecule has 0 radical (unpaired) electrons. The number of carbonyl (C=O) groups is 1. The number of benzene rings is 1. The number of nitrogens with one attached hydrogen (secondary N) is 1. The first-order chi connectivity index (χ1) is 12.1. The van der Waals surface area contributed by atoms with Gasteiger partial charge in [-0.1, -0.05) is 18.2 Å². The lowest BCUT2D eigenvalue weighted by molar-refractivity contribution is -0.120. The highest BCUT2D eigenvalue weighted by molar-refractivity contribution is 5.78. The molecular weight excluding hydrogens is 319 g/mol. The molecule has 1 amide bonds. The highest BCUT2D eigenvalue weighted by Crippen LogP contribution is 2.18. The summed E-state index contributed by atoms with van der Waals surface area (Å²) in [6.45, 7) is 4.20. The molecule has 1 N–H and O–H groups in total. The molecule has 5 nitrogen and oxygen atoms in total. The van der Waals surface area contributed by atoms with Crippen molar-refractivity contribution in [3.63, 3.8) is 0 Å². The van der Waals surface area contributed by atoms with Crippen LogP contribution in [0.5, 0.6) is 0 Å². The van der Waals surface area contributed by atoms with Crippen molar-refractivity contribution in [1.29, 1.82) is 0 Å². The van der Waals surface area contributed by atoms with E-state index in [2.05, 4.69) is 20.2 Å². The minimum atomic E-state index is -0.364. The Kier molecular flexibility index (Phi) is 5.58. The summed E-state index contributed by atoms with van der Waals surface area (Å²) in [6.07, 6.45) is 3.63. The lowest BCUT2D eigenvalue weighted by Crippen LogP contribution is -2.31. The summed E-state index contributed by atoms with van der Waals surface area (Å²) >= 11 is 0. The molecule has 2 aromatic rings. The Morgan fingerprint density at radius 2 is 1.96 bits per heavy atom. The standard InChI is InChI=1S/C19H23FN4O/c1-14-11-18(24-9-5-2-6-10-24)23-17(22-14)13-21-19(25)12-15-7-3-4-8-16(15)20/h3-4,7-8,11H,2,5-6,9-10,12-13H2,1H3,(H,21,25). The van der Waals surface area contributed by atoms with E-state index in [1.807, 2.05) is 13.0 Å². The van der Waals surface area contributed by atoms with Gasteiger partial charge in [-0.05, 0) is 37.8 Å². The van der Waals surface area contributed by atoms with Crippen molar-refractivity contribution < 1.29 is 9.18 Å². The van der Waals surface area contributed by atoms with E-state index in [1.54, 1.807) is 18.2 Å². The molecule has 1 saturated heterocycles. The van der Waals surface area contributed by atoms with E-state index in [4.69, 9.17) is 0 Å². The third kappa shape index (κ3) is 4.75. The summed E-state index contributed by atoms with van der Waals surface area (Å²) in [6, 6.07) is 8.29. The quantitative estimate of drug-likeness (QED) is 0.908. The summed E-state index contributed by atoms with van der Waals surface area (Å²) in [7, 11) is 0. The maximum atomic E-state index is 13.6. The zero-order valence-electron chi connectivity index (χ0n) is 14.5. The van der Waals surface area contributed by atoms with E-state index < -0.39 is 0 Å². The summed E-state index contributed by atoms with van der Waals surface area (Å²) in [5, 5.41) is 2.78. The molecule has 1 aromatic carbocycles. The third-order valence-electron chi connectivity index (χ3n) is 4.32. The maximum absolute atomic E-state index is 13.6. The summed E-state index contributed by atoms with van der Waals surface area (Å²) in [5.74, 6) is 0.902. The zero-order chi connectivity index (χ0) is 17.6. The van der Waals surface area contributed by atoms with Crippen LogP contribution in [0.25, 0.3) is 0 Å².